The van der Waals surface area contributed by atoms with Crippen LogP contribution in [0.5, 0.6) is 0 Å². The molecule has 1 aromatic carbocycles. The SMILES string of the molecule is CC(=Cc1cn(S(=O)(=O)N(C)C)cn1)c1cc2c(cc1C)C(C)(C)CCC2(C)C. The molecule has 5 nitrogen and oxygen atoms in total. The van der Waals surface area contributed by atoms with Gasteiger partial charge in [0.05, 0.1) is 5.69 Å². The minimum Gasteiger partial charge on any atom is -0.236 e. The van der Waals surface area contributed by atoms with Gasteiger partial charge in [0.25, 0.3) is 0 Å². The van der Waals surface area contributed by atoms with Gasteiger partial charge in [-0.25, -0.2) is 8.96 Å². The lowest BCUT2D eigenvalue weighted by atomic mass is 9.62. The predicted octanol–water partition coefficient (Wildman–Crippen LogP) is 4.76. The van der Waals surface area contributed by atoms with Crippen LogP contribution in [0.2, 0.25) is 0 Å². The van der Waals surface area contributed by atoms with Crippen LogP contribution in [-0.2, 0) is 21.0 Å². The first kappa shape index (κ1) is 21.8. The van der Waals surface area contributed by atoms with Crippen molar-refractivity contribution in [3.63, 3.8) is 0 Å². The second-order valence-electron chi connectivity index (χ2n) is 9.73. The smallest absolute Gasteiger partial charge is 0.236 e. The van der Waals surface area contributed by atoms with Gasteiger partial charge in [0.2, 0.25) is 0 Å². The molecule has 158 valence electrons. The molecule has 0 saturated heterocycles. The van der Waals surface area contributed by atoms with Gasteiger partial charge in [0, 0.05) is 20.3 Å². The summed E-state index contributed by atoms with van der Waals surface area (Å²) in [6, 6.07) is 4.68. The first-order valence-corrected chi connectivity index (χ1v) is 11.5. The van der Waals surface area contributed by atoms with Crippen molar-refractivity contribution < 1.29 is 8.42 Å². The Balaban J connectivity index is 2.05. The van der Waals surface area contributed by atoms with Crippen LogP contribution in [-0.4, -0.2) is 35.8 Å². The van der Waals surface area contributed by atoms with E-state index in [4.69, 9.17) is 0 Å². The molecule has 0 N–H and O–H groups in total. The summed E-state index contributed by atoms with van der Waals surface area (Å²) in [7, 11) is -0.527. The molecule has 0 bridgehead atoms. The second-order valence-corrected chi connectivity index (χ2v) is 11.8. The number of allylic oxidation sites excluding steroid dienone is 1. The fraction of sp³-hybridized carbons (Fsp3) is 0.522. The summed E-state index contributed by atoms with van der Waals surface area (Å²) >= 11 is 0. The molecule has 0 fully saturated rings. The summed E-state index contributed by atoms with van der Waals surface area (Å²) in [5, 5.41) is 0. The highest BCUT2D eigenvalue weighted by atomic mass is 32.2. The number of aromatic nitrogens is 2. The van der Waals surface area contributed by atoms with Gasteiger partial charge in [-0.05, 0) is 71.4 Å². The summed E-state index contributed by atoms with van der Waals surface area (Å²) in [6.45, 7) is 13.5. The molecule has 1 aromatic heterocycles. The van der Waals surface area contributed by atoms with Gasteiger partial charge in [-0.15, -0.1) is 0 Å². The Hall–Kier alpha value is -1.92. The summed E-state index contributed by atoms with van der Waals surface area (Å²) < 4.78 is 26.9. The Bertz CT molecular complexity index is 1070. The summed E-state index contributed by atoms with van der Waals surface area (Å²) in [5.41, 5.74) is 7.34. The van der Waals surface area contributed by atoms with Crippen LogP contribution >= 0.6 is 0 Å². The number of hydrogen-bond donors (Lipinski definition) is 0. The first-order chi connectivity index (χ1) is 13.3. The predicted molar refractivity (Wildman–Crippen MR) is 120 cm³/mol. The molecule has 0 radical (unpaired) electrons. The number of fused-ring (bicyclic) bond motifs is 1. The maximum absolute atomic E-state index is 12.3. The van der Waals surface area contributed by atoms with Gasteiger partial charge in [0.1, 0.15) is 6.33 Å². The van der Waals surface area contributed by atoms with E-state index in [1.165, 1.54) is 59.8 Å². The van der Waals surface area contributed by atoms with Gasteiger partial charge < -0.3 is 0 Å². The molecule has 0 amide bonds. The van der Waals surface area contributed by atoms with E-state index in [0.29, 0.717) is 5.69 Å². The largest absolute Gasteiger partial charge is 0.308 e. The maximum Gasteiger partial charge on any atom is 0.308 e. The summed E-state index contributed by atoms with van der Waals surface area (Å²) in [5.74, 6) is 0. The Morgan fingerprint density at radius 2 is 1.66 bits per heavy atom. The van der Waals surface area contributed by atoms with Crippen molar-refractivity contribution >= 4 is 21.9 Å². The van der Waals surface area contributed by atoms with Gasteiger partial charge >= 0.3 is 10.2 Å². The molecule has 0 aliphatic heterocycles. The zero-order chi connectivity index (χ0) is 21.8. The average Bonchev–Trinajstić information content (AvgIpc) is 3.07. The molecule has 1 aliphatic rings. The van der Waals surface area contributed by atoms with Crippen LogP contribution in [0, 0.1) is 6.92 Å². The lowest BCUT2D eigenvalue weighted by Gasteiger charge is -2.42. The molecule has 6 heteroatoms. The average molecular weight is 416 g/mol. The topological polar surface area (TPSA) is 55.2 Å². The van der Waals surface area contributed by atoms with E-state index >= 15 is 0 Å². The van der Waals surface area contributed by atoms with Crippen molar-refractivity contribution in [1.82, 2.24) is 13.3 Å². The molecule has 0 atom stereocenters. The monoisotopic (exact) mass is 415 g/mol. The zero-order valence-corrected chi connectivity index (χ0v) is 19.7. The quantitative estimate of drug-likeness (QED) is 0.724. The fourth-order valence-electron chi connectivity index (χ4n) is 4.16. The maximum atomic E-state index is 12.3. The Labute approximate surface area is 175 Å². The summed E-state index contributed by atoms with van der Waals surface area (Å²) in [6.07, 6.45) is 7.22. The zero-order valence-electron chi connectivity index (χ0n) is 18.9. The van der Waals surface area contributed by atoms with E-state index < -0.39 is 10.2 Å². The van der Waals surface area contributed by atoms with E-state index in [1.807, 2.05) is 6.08 Å². The van der Waals surface area contributed by atoms with E-state index in [9.17, 15) is 8.42 Å². The van der Waals surface area contributed by atoms with Crippen LogP contribution in [0.3, 0.4) is 0 Å². The molecular weight excluding hydrogens is 382 g/mol. The van der Waals surface area contributed by atoms with E-state index in [1.54, 1.807) is 6.20 Å². The molecular formula is C23H33N3O2S. The van der Waals surface area contributed by atoms with E-state index in [2.05, 4.69) is 58.7 Å². The highest BCUT2D eigenvalue weighted by Gasteiger charge is 2.37. The van der Waals surface area contributed by atoms with Crippen molar-refractivity contribution in [2.24, 2.45) is 0 Å². The van der Waals surface area contributed by atoms with Crippen LogP contribution < -0.4 is 0 Å². The van der Waals surface area contributed by atoms with Crippen LogP contribution in [0.4, 0.5) is 0 Å². The molecule has 0 unspecified atom stereocenters. The van der Waals surface area contributed by atoms with Crippen molar-refractivity contribution in [3.05, 3.63) is 52.6 Å². The van der Waals surface area contributed by atoms with Crippen molar-refractivity contribution in [2.75, 3.05) is 14.1 Å². The lowest BCUT2D eigenvalue weighted by Crippen LogP contribution is -2.34. The van der Waals surface area contributed by atoms with Crippen molar-refractivity contribution in [2.45, 2.75) is 65.2 Å². The Morgan fingerprint density at radius 1 is 1.10 bits per heavy atom. The van der Waals surface area contributed by atoms with Gasteiger partial charge in [0.15, 0.2) is 0 Å². The standard InChI is InChI=1S/C23H33N3O2S/c1-16(11-18-14-26(15-24-18)29(27,28)25(7)8)19-13-21-20(12-17(19)2)22(3,4)9-10-23(21,5)6/h11-15H,9-10H2,1-8H3. The summed E-state index contributed by atoms with van der Waals surface area (Å²) in [4.78, 5) is 4.28. The number of nitrogens with zero attached hydrogens (tertiary/aromatic N) is 3. The van der Waals surface area contributed by atoms with Crippen molar-refractivity contribution in [1.29, 1.82) is 0 Å². The normalized spacial score (nSPS) is 18.7. The van der Waals surface area contributed by atoms with Crippen molar-refractivity contribution in [3.8, 4) is 0 Å². The second kappa shape index (κ2) is 7.10. The number of imidazole rings is 1. The number of benzene rings is 1. The molecule has 1 aliphatic carbocycles. The van der Waals surface area contributed by atoms with Crippen LogP contribution in [0.15, 0.2) is 24.7 Å². The van der Waals surface area contributed by atoms with E-state index in [0.717, 1.165) is 9.55 Å². The van der Waals surface area contributed by atoms with Crippen LogP contribution in [0.1, 0.15) is 75.4 Å². The highest BCUT2D eigenvalue weighted by Crippen LogP contribution is 2.47. The number of aryl methyl sites for hydroxylation is 1. The minimum absolute atomic E-state index is 0.148. The number of hydrogen-bond acceptors (Lipinski definition) is 3. The Kier molecular flexibility index (Phi) is 5.33. The number of rotatable bonds is 4. The van der Waals surface area contributed by atoms with Gasteiger partial charge in [-0.3, -0.25) is 0 Å². The molecule has 2 aromatic rings. The minimum atomic E-state index is -3.55. The Morgan fingerprint density at radius 3 is 2.21 bits per heavy atom. The third kappa shape index (κ3) is 3.92. The first-order valence-electron chi connectivity index (χ1n) is 10.1. The third-order valence-electron chi connectivity index (χ3n) is 6.29. The third-order valence-corrected chi connectivity index (χ3v) is 7.95. The molecule has 29 heavy (non-hydrogen) atoms. The highest BCUT2D eigenvalue weighted by molar-refractivity contribution is 7.87. The fourth-order valence-corrected chi connectivity index (χ4v) is 4.94. The lowest BCUT2D eigenvalue weighted by molar-refractivity contribution is 0.331. The van der Waals surface area contributed by atoms with Gasteiger partial charge in [-0.1, -0.05) is 39.8 Å². The molecule has 0 spiro atoms. The van der Waals surface area contributed by atoms with Gasteiger partial charge in [-0.2, -0.15) is 12.7 Å². The molecule has 1 heterocycles. The van der Waals surface area contributed by atoms with Crippen LogP contribution in [0.25, 0.3) is 11.6 Å². The molecule has 3 rings (SSSR count). The molecule has 0 saturated carbocycles. The van der Waals surface area contributed by atoms with E-state index in [-0.39, 0.29) is 10.8 Å².